The predicted molar refractivity (Wildman–Crippen MR) is 73.0 cm³/mol. The third kappa shape index (κ3) is 3.30. The number of ketones is 1. The Bertz CT molecular complexity index is 416. The largest absolute Gasteiger partial charge is 0.495 e. The summed E-state index contributed by atoms with van der Waals surface area (Å²) in [5, 5.41) is 2.87. The van der Waals surface area contributed by atoms with Crippen LogP contribution in [0.5, 0.6) is 5.75 Å². The van der Waals surface area contributed by atoms with E-state index in [2.05, 4.69) is 35.1 Å². The predicted octanol–water partition coefficient (Wildman–Crippen LogP) is 2.98. The van der Waals surface area contributed by atoms with Gasteiger partial charge in [0.25, 0.3) is 0 Å². The fourth-order valence-corrected chi connectivity index (χ4v) is 2.26. The van der Waals surface area contributed by atoms with Crippen molar-refractivity contribution in [3.63, 3.8) is 0 Å². The molecule has 0 fully saturated rings. The normalized spacial score (nSPS) is 10.7. The molecule has 0 aliphatic rings. The Morgan fingerprint density at radius 2 is 2.12 bits per heavy atom. The Labute approximate surface area is 111 Å². The van der Waals surface area contributed by atoms with E-state index in [1.165, 1.54) is 0 Å². The van der Waals surface area contributed by atoms with E-state index in [-0.39, 0.29) is 5.78 Å². The van der Waals surface area contributed by atoms with Crippen LogP contribution in [0.15, 0.2) is 16.6 Å². The van der Waals surface area contributed by atoms with Crippen molar-refractivity contribution in [2.24, 2.45) is 0 Å². The molecule has 0 aliphatic carbocycles. The molecule has 17 heavy (non-hydrogen) atoms. The molecule has 94 valence electrons. The highest BCUT2D eigenvalue weighted by Gasteiger charge is 2.17. The lowest BCUT2D eigenvalue weighted by molar-refractivity contribution is 0.0990. The quantitative estimate of drug-likeness (QED) is 0.850. The van der Waals surface area contributed by atoms with Crippen LogP contribution in [-0.4, -0.2) is 26.5 Å². The Kier molecular flexibility index (Phi) is 5.15. The zero-order chi connectivity index (χ0) is 13.0. The van der Waals surface area contributed by atoms with Gasteiger partial charge < -0.3 is 10.1 Å². The molecular weight excluding hydrogens is 282 g/mol. The van der Waals surface area contributed by atoms with Crippen LogP contribution in [0.3, 0.4) is 0 Å². The van der Waals surface area contributed by atoms with Gasteiger partial charge in [0, 0.05) is 0 Å². The summed E-state index contributed by atoms with van der Waals surface area (Å²) in [4.78, 5) is 12.0. The van der Waals surface area contributed by atoms with E-state index in [1.54, 1.807) is 14.2 Å². The molecule has 4 heteroatoms. The molecule has 1 aromatic rings. The average molecular weight is 300 g/mol. The monoisotopic (exact) mass is 299 g/mol. The lowest BCUT2D eigenvalue weighted by Gasteiger charge is -2.14. The molecule has 0 saturated heterocycles. The van der Waals surface area contributed by atoms with Gasteiger partial charge in [-0.25, -0.2) is 0 Å². The maximum atomic E-state index is 12.0. The molecule has 0 saturated carbocycles. The molecule has 0 radical (unpaired) electrons. The summed E-state index contributed by atoms with van der Waals surface area (Å²) in [5.41, 5.74) is 1.75. The smallest absolute Gasteiger partial charge is 0.180 e. The summed E-state index contributed by atoms with van der Waals surface area (Å²) in [6.07, 6.45) is 0. The summed E-state index contributed by atoms with van der Waals surface area (Å²) in [5.74, 6) is 1.01. The molecule has 1 N–H and O–H groups in total. The van der Waals surface area contributed by atoms with E-state index >= 15 is 0 Å². The van der Waals surface area contributed by atoms with Crippen molar-refractivity contribution in [2.75, 3.05) is 20.7 Å². The second-order valence-corrected chi connectivity index (χ2v) is 5.05. The summed E-state index contributed by atoms with van der Waals surface area (Å²) < 4.78 is 6.11. The third-order valence-corrected chi connectivity index (χ3v) is 3.16. The maximum absolute atomic E-state index is 12.0. The summed E-state index contributed by atoms with van der Waals surface area (Å²) >= 11 is 3.45. The number of methoxy groups -OCH3 is 1. The number of Topliss-reactive ketones (excluding diaryl/α,β-unsaturated/α-hetero) is 1. The van der Waals surface area contributed by atoms with Crippen molar-refractivity contribution in [2.45, 2.75) is 19.8 Å². The van der Waals surface area contributed by atoms with Gasteiger partial charge in [0.1, 0.15) is 5.75 Å². The molecule has 0 aromatic heterocycles. The van der Waals surface area contributed by atoms with Gasteiger partial charge in [-0.05, 0) is 46.6 Å². The Morgan fingerprint density at radius 3 is 2.59 bits per heavy atom. The second kappa shape index (κ2) is 6.17. The topological polar surface area (TPSA) is 38.3 Å². The van der Waals surface area contributed by atoms with E-state index in [0.717, 1.165) is 10.0 Å². The zero-order valence-corrected chi connectivity index (χ0v) is 12.2. The van der Waals surface area contributed by atoms with Crippen LogP contribution in [0.4, 0.5) is 0 Å². The summed E-state index contributed by atoms with van der Waals surface area (Å²) in [7, 11) is 3.33. The van der Waals surface area contributed by atoms with E-state index in [0.29, 0.717) is 23.8 Å². The van der Waals surface area contributed by atoms with Gasteiger partial charge in [-0.15, -0.1) is 0 Å². The van der Waals surface area contributed by atoms with Gasteiger partial charge in [0.05, 0.1) is 23.7 Å². The molecule has 0 unspecified atom stereocenters. The molecule has 0 aliphatic heterocycles. The fourth-order valence-electron chi connectivity index (χ4n) is 1.62. The zero-order valence-electron chi connectivity index (χ0n) is 10.6. The number of carbonyl (C=O) groups is 1. The highest BCUT2D eigenvalue weighted by molar-refractivity contribution is 9.10. The average Bonchev–Trinajstić information content (AvgIpc) is 2.28. The molecule has 0 amide bonds. The highest BCUT2D eigenvalue weighted by atomic mass is 79.9. The number of rotatable bonds is 5. The van der Waals surface area contributed by atoms with Gasteiger partial charge in [-0.2, -0.15) is 0 Å². The number of nitrogens with one attached hydrogen (secondary N) is 1. The number of halogens is 1. The van der Waals surface area contributed by atoms with E-state index in [9.17, 15) is 4.79 Å². The van der Waals surface area contributed by atoms with Gasteiger partial charge in [0.2, 0.25) is 0 Å². The van der Waals surface area contributed by atoms with Gasteiger partial charge in [-0.1, -0.05) is 13.8 Å². The van der Waals surface area contributed by atoms with Crippen LogP contribution in [0, 0.1) is 0 Å². The van der Waals surface area contributed by atoms with Gasteiger partial charge in [-0.3, -0.25) is 4.79 Å². The van der Waals surface area contributed by atoms with Crippen molar-refractivity contribution in [1.29, 1.82) is 0 Å². The lowest BCUT2D eigenvalue weighted by atomic mass is 9.98. The third-order valence-electron chi connectivity index (χ3n) is 2.57. The lowest BCUT2D eigenvalue weighted by Crippen LogP contribution is -2.19. The second-order valence-electron chi connectivity index (χ2n) is 4.19. The number of hydrogen-bond acceptors (Lipinski definition) is 3. The SMILES string of the molecule is CNCC(=O)c1cc(C(C)C)cc(Br)c1OC. The van der Waals surface area contributed by atoms with Crippen LogP contribution in [0.1, 0.15) is 35.7 Å². The minimum Gasteiger partial charge on any atom is -0.495 e. The molecule has 0 atom stereocenters. The van der Waals surface area contributed by atoms with Crippen LogP contribution >= 0.6 is 15.9 Å². The number of hydrogen-bond donors (Lipinski definition) is 1. The Balaban J connectivity index is 3.28. The molecule has 1 rings (SSSR count). The Morgan fingerprint density at radius 1 is 1.47 bits per heavy atom. The van der Waals surface area contributed by atoms with Gasteiger partial charge >= 0.3 is 0 Å². The van der Waals surface area contributed by atoms with Crippen molar-refractivity contribution < 1.29 is 9.53 Å². The molecule has 0 spiro atoms. The first-order valence-corrected chi connectivity index (χ1v) is 6.35. The van der Waals surface area contributed by atoms with Crippen molar-refractivity contribution in [1.82, 2.24) is 5.32 Å². The molecular formula is C13H18BrNO2. The summed E-state index contributed by atoms with van der Waals surface area (Å²) in [6.45, 7) is 4.51. The van der Waals surface area contributed by atoms with E-state index < -0.39 is 0 Å². The summed E-state index contributed by atoms with van der Waals surface area (Å²) in [6, 6.07) is 3.91. The minimum absolute atomic E-state index is 0.0348. The maximum Gasteiger partial charge on any atom is 0.180 e. The van der Waals surface area contributed by atoms with Gasteiger partial charge in [0.15, 0.2) is 5.78 Å². The first-order chi connectivity index (χ1) is 8.01. The molecule has 3 nitrogen and oxygen atoms in total. The molecule has 0 heterocycles. The van der Waals surface area contributed by atoms with E-state index in [4.69, 9.17) is 4.74 Å². The van der Waals surface area contributed by atoms with Crippen molar-refractivity contribution in [3.05, 3.63) is 27.7 Å². The van der Waals surface area contributed by atoms with Crippen molar-refractivity contribution in [3.8, 4) is 5.75 Å². The Hall–Kier alpha value is -0.870. The first-order valence-electron chi connectivity index (χ1n) is 5.56. The van der Waals surface area contributed by atoms with Crippen LogP contribution in [-0.2, 0) is 0 Å². The van der Waals surface area contributed by atoms with E-state index in [1.807, 2.05) is 12.1 Å². The van der Waals surface area contributed by atoms with Crippen molar-refractivity contribution >= 4 is 21.7 Å². The molecule has 1 aromatic carbocycles. The number of carbonyl (C=O) groups excluding carboxylic acids is 1. The van der Waals surface area contributed by atoms with Crippen LogP contribution < -0.4 is 10.1 Å². The molecule has 0 bridgehead atoms. The number of ether oxygens (including phenoxy) is 1. The standard InChI is InChI=1S/C13H18BrNO2/c1-8(2)9-5-10(12(16)7-15-3)13(17-4)11(14)6-9/h5-6,8,15H,7H2,1-4H3. The van der Waals surface area contributed by atoms with Crippen LogP contribution in [0.25, 0.3) is 0 Å². The fraction of sp³-hybridized carbons (Fsp3) is 0.462. The highest BCUT2D eigenvalue weighted by Crippen LogP contribution is 2.33. The minimum atomic E-state index is 0.0348. The van der Waals surface area contributed by atoms with Crippen LogP contribution in [0.2, 0.25) is 0 Å². The number of benzene rings is 1. The first kappa shape index (κ1) is 14.2. The number of likely N-dealkylation sites (N-methyl/N-ethyl adjacent to an activating group) is 1.